The van der Waals surface area contributed by atoms with Gasteiger partial charge < -0.3 is 4.98 Å². The Kier molecular flexibility index (Phi) is 2.19. The summed E-state index contributed by atoms with van der Waals surface area (Å²) >= 11 is 0. The van der Waals surface area contributed by atoms with Gasteiger partial charge in [-0.05, 0) is 12.0 Å². The Morgan fingerprint density at radius 1 is 1.54 bits per heavy atom. The minimum absolute atomic E-state index is 0.00827. The lowest BCUT2D eigenvalue weighted by atomic mass is 10.0. The second kappa shape index (κ2) is 3.34. The maximum Gasteiger partial charge on any atom is 0.248 e. The molecule has 2 rings (SSSR count). The van der Waals surface area contributed by atoms with Crippen LogP contribution in [0.4, 0.5) is 0 Å². The smallest absolute Gasteiger partial charge is 0.248 e. The maximum atomic E-state index is 11.0. The van der Waals surface area contributed by atoms with E-state index in [-0.39, 0.29) is 5.56 Å². The van der Waals surface area contributed by atoms with Crippen LogP contribution in [0.5, 0.6) is 0 Å². The highest BCUT2D eigenvalue weighted by Gasteiger charge is 2.21. The molecule has 2 heterocycles. The molecule has 1 N–H and O–H groups in total. The Morgan fingerprint density at radius 3 is 2.92 bits per heavy atom. The fourth-order valence-corrected chi connectivity index (χ4v) is 1.78. The van der Waals surface area contributed by atoms with E-state index in [9.17, 15) is 4.79 Å². The summed E-state index contributed by atoms with van der Waals surface area (Å²) in [6.07, 6.45) is 0. The third-order valence-electron chi connectivity index (χ3n) is 2.36. The van der Waals surface area contributed by atoms with Crippen LogP contribution in [0.1, 0.15) is 12.6 Å². The van der Waals surface area contributed by atoms with Crippen molar-refractivity contribution in [1.29, 1.82) is 0 Å². The van der Waals surface area contributed by atoms with Crippen molar-refractivity contribution in [2.24, 2.45) is 5.92 Å². The van der Waals surface area contributed by atoms with Crippen LogP contribution in [0.25, 0.3) is 0 Å². The summed E-state index contributed by atoms with van der Waals surface area (Å²) in [7, 11) is 0. The van der Waals surface area contributed by atoms with E-state index in [1.165, 1.54) is 0 Å². The Balaban J connectivity index is 1.98. The average molecular weight is 178 g/mol. The van der Waals surface area contributed by atoms with Gasteiger partial charge in [-0.3, -0.25) is 9.69 Å². The molecule has 1 aliphatic heterocycles. The summed E-state index contributed by atoms with van der Waals surface area (Å²) in [4.78, 5) is 16.1. The first-order chi connectivity index (χ1) is 6.24. The highest BCUT2D eigenvalue weighted by molar-refractivity contribution is 5.04. The average Bonchev–Trinajstić information content (AvgIpc) is 2.01. The van der Waals surface area contributed by atoms with Crippen LogP contribution < -0.4 is 5.56 Å². The summed E-state index contributed by atoms with van der Waals surface area (Å²) in [5, 5.41) is 0. The second-order valence-electron chi connectivity index (χ2n) is 3.84. The van der Waals surface area contributed by atoms with Crippen LogP contribution in [0.15, 0.2) is 23.0 Å². The van der Waals surface area contributed by atoms with Crippen molar-refractivity contribution in [2.45, 2.75) is 13.5 Å². The number of likely N-dealkylation sites (tertiary alicyclic amines) is 1. The summed E-state index contributed by atoms with van der Waals surface area (Å²) in [5.74, 6) is 0.815. The molecule has 1 saturated heterocycles. The van der Waals surface area contributed by atoms with Gasteiger partial charge in [0, 0.05) is 31.4 Å². The van der Waals surface area contributed by atoms with Gasteiger partial charge in [-0.25, -0.2) is 0 Å². The van der Waals surface area contributed by atoms with Gasteiger partial charge in [0.15, 0.2) is 0 Å². The van der Waals surface area contributed by atoms with Crippen molar-refractivity contribution in [3.8, 4) is 0 Å². The topological polar surface area (TPSA) is 36.1 Å². The number of nitrogens with zero attached hydrogens (tertiary/aromatic N) is 1. The molecule has 0 aliphatic carbocycles. The number of H-pyrrole nitrogens is 1. The predicted octanol–water partition coefficient (Wildman–Crippen LogP) is 0.827. The molecule has 0 saturated carbocycles. The largest absolute Gasteiger partial charge is 0.325 e. The van der Waals surface area contributed by atoms with Crippen molar-refractivity contribution >= 4 is 0 Å². The normalized spacial score (nSPS) is 18.5. The zero-order chi connectivity index (χ0) is 9.26. The number of hydrogen-bond acceptors (Lipinski definition) is 2. The molecule has 0 radical (unpaired) electrons. The van der Waals surface area contributed by atoms with Gasteiger partial charge in [0.2, 0.25) is 5.56 Å². The first kappa shape index (κ1) is 8.51. The van der Waals surface area contributed by atoms with E-state index in [4.69, 9.17) is 0 Å². The third kappa shape index (κ3) is 1.98. The van der Waals surface area contributed by atoms with Gasteiger partial charge in [-0.1, -0.05) is 13.0 Å². The molecular formula is C10H14N2O. The number of rotatable bonds is 2. The molecule has 1 aliphatic rings. The van der Waals surface area contributed by atoms with E-state index in [0.29, 0.717) is 0 Å². The third-order valence-corrected chi connectivity index (χ3v) is 2.36. The minimum Gasteiger partial charge on any atom is -0.325 e. The predicted molar refractivity (Wildman–Crippen MR) is 51.5 cm³/mol. The van der Waals surface area contributed by atoms with Gasteiger partial charge in [0.05, 0.1) is 0 Å². The molecule has 0 unspecified atom stereocenters. The van der Waals surface area contributed by atoms with E-state index in [2.05, 4.69) is 16.8 Å². The summed E-state index contributed by atoms with van der Waals surface area (Å²) < 4.78 is 0. The van der Waals surface area contributed by atoms with E-state index in [0.717, 1.165) is 31.2 Å². The Morgan fingerprint density at radius 2 is 2.31 bits per heavy atom. The fraction of sp³-hybridized carbons (Fsp3) is 0.500. The maximum absolute atomic E-state index is 11.0. The summed E-state index contributed by atoms with van der Waals surface area (Å²) in [5.41, 5.74) is 1.01. The van der Waals surface area contributed by atoms with Crippen LogP contribution in [-0.4, -0.2) is 23.0 Å². The monoisotopic (exact) mass is 178 g/mol. The molecule has 1 aromatic rings. The molecule has 0 amide bonds. The molecule has 1 fully saturated rings. The highest BCUT2D eigenvalue weighted by Crippen LogP contribution is 2.15. The number of aromatic nitrogens is 1. The van der Waals surface area contributed by atoms with Crippen molar-refractivity contribution in [1.82, 2.24) is 9.88 Å². The Hall–Kier alpha value is -1.09. The summed E-state index contributed by atoms with van der Waals surface area (Å²) in [6.45, 7) is 5.42. The van der Waals surface area contributed by atoms with Gasteiger partial charge in [0.25, 0.3) is 0 Å². The van der Waals surface area contributed by atoms with Gasteiger partial charge in [0.1, 0.15) is 0 Å². The van der Waals surface area contributed by atoms with Crippen LogP contribution in [0.2, 0.25) is 0 Å². The van der Waals surface area contributed by atoms with Crippen LogP contribution >= 0.6 is 0 Å². The second-order valence-corrected chi connectivity index (χ2v) is 3.84. The quantitative estimate of drug-likeness (QED) is 0.728. The molecule has 1 aromatic heterocycles. The molecule has 70 valence electrons. The molecule has 3 nitrogen and oxygen atoms in total. The lowest BCUT2D eigenvalue weighted by Crippen LogP contribution is -2.44. The first-order valence-electron chi connectivity index (χ1n) is 4.64. The van der Waals surface area contributed by atoms with E-state index < -0.39 is 0 Å². The number of pyridine rings is 1. The van der Waals surface area contributed by atoms with Crippen LogP contribution in [0.3, 0.4) is 0 Å². The molecule has 3 heteroatoms. The molecule has 0 spiro atoms. The van der Waals surface area contributed by atoms with Gasteiger partial charge in [-0.2, -0.15) is 0 Å². The van der Waals surface area contributed by atoms with Crippen molar-refractivity contribution < 1.29 is 0 Å². The Labute approximate surface area is 77.4 Å². The Bertz CT molecular complexity index is 339. The minimum atomic E-state index is -0.00827. The van der Waals surface area contributed by atoms with E-state index in [1.807, 2.05) is 6.07 Å². The van der Waals surface area contributed by atoms with Crippen molar-refractivity contribution in [3.63, 3.8) is 0 Å². The summed E-state index contributed by atoms with van der Waals surface area (Å²) in [6, 6.07) is 5.31. The molecule has 0 aromatic carbocycles. The molecule has 0 atom stereocenters. The zero-order valence-corrected chi connectivity index (χ0v) is 7.79. The van der Waals surface area contributed by atoms with Gasteiger partial charge in [-0.15, -0.1) is 0 Å². The van der Waals surface area contributed by atoms with E-state index in [1.54, 1.807) is 12.1 Å². The molecule has 0 bridgehead atoms. The van der Waals surface area contributed by atoms with Crippen molar-refractivity contribution in [3.05, 3.63) is 34.2 Å². The SMILES string of the molecule is CC1CN(Cc2cccc(=O)[nH]2)C1. The molecular weight excluding hydrogens is 164 g/mol. The first-order valence-corrected chi connectivity index (χ1v) is 4.64. The molecule has 13 heavy (non-hydrogen) atoms. The van der Waals surface area contributed by atoms with Gasteiger partial charge >= 0.3 is 0 Å². The van der Waals surface area contributed by atoms with E-state index >= 15 is 0 Å². The lowest BCUT2D eigenvalue weighted by molar-refractivity contribution is 0.103. The number of nitrogens with one attached hydrogen (secondary N) is 1. The highest BCUT2D eigenvalue weighted by atomic mass is 16.1. The number of aromatic amines is 1. The standard InChI is InChI=1S/C10H14N2O/c1-8-5-12(6-8)7-9-3-2-4-10(13)11-9/h2-4,8H,5-7H2,1H3,(H,11,13). The zero-order valence-electron chi connectivity index (χ0n) is 7.79. The lowest BCUT2D eigenvalue weighted by Gasteiger charge is -2.36. The fourth-order valence-electron chi connectivity index (χ4n) is 1.78. The number of hydrogen-bond donors (Lipinski definition) is 1. The van der Waals surface area contributed by atoms with Crippen LogP contribution in [-0.2, 0) is 6.54 Å². The van der Waals surface area contributed by atoms with Crippen molar-refractivity contribution in [2.75, 3.05) is 13.1 Å². The van der Waals surface area contributed by atoms with Crippen LogP contribution in [0, 0.1) is 5.92 Å².